The van der Waals surface area contributed by atoms with Crippen molar-refractivity contribution in [2.45, 2.75) is 45.1 Å². The molecule has 3 nitrogen and oxygen atoms in total. The summed E-state index contributed by atoms with van der Waals surface area (Å²) < 4.78 is 10.4. The molecule has 1 saturated carbocycles. The Hall–Kier alpha value is -1.25. The summed E-state index contributed by atoms with van der Waals surface area (Å²) in [5.74, 6) is -0.268. The zero-order valence-electron chi connectivity index (χ0n) is 9.91. The summed E-state index contributed by atoms with van der Waals surface area (Å²) >= 11 is 0. The molecule has 0 atom stereocenters. The Morgan fingerprint density at radius 2 is 2.06 bits per heavy atom. The van der Waals surface area contributed by atoms with Crippen LogP contribution in [-0.4, -0.2) is 18.7 Å². The summed E-state index contributed by atoms with van der Waals surface area (Å²) in [4.78, 5) is 11.6. The van der Waals surface area contributed by atoms with E-state index in [0.717, 1.165) is 25.7 Å². The highest BCUT2D eigenvalue weighted by Gasteiger charge is 2.18. The number of rotatable bonds is 5. The molecule has 0 radical (unpaired) electrons. The Kier molecular flexibility index (Phi) is 5.68. The summed E-state index contributed by atoms with van der Waals surface area (Å²) in [6, 6.07) is 0. The van der Waals surface area contributed by atoms with Crippen molar-refractivity contribution in [3.05, 3.63) is 24.5 Å². The van der Waals surface area contributed by atoms with Gasteiger partial charge in [-0.2, -0.15) is 0 Å². The molecular weight excluding hydrogens is 204 g/mol. The first-order chi connectivity index (χ1) is 7.74. The minimum absolute atomic E-state index is 0.101. The summed E-state index contributed by atoms with van der Waals surface area (Å²) in [5.41, 5.74) is 0.507. The topological polar surface area (TPSA) is 35.5 Å². The third kappa shape index (κ3) is 4.51. The Morgan fingerprint density at radius 3 is 2.69 bits per heavy atom. The van der Waals surface area contributed by atoms with Crippen molar-refractivity contribution in [1.29, 1.82) is 0 Å². The molecule has 0 bridgehead atoms. The Bertz CT molecular complexity index is 262. The number of ether oxygens (including phenoxy) is 2. The lowest BCUT2D eigenvalue weighted by atomic mass is 9.98. The lowest BCUT2D eigenvalue weighted by molar-refractivity contribution is -0.145. The molecule has 1 aliphatic rings. The van der Waals surface area contributed by atoms with Crippen LogP contribution in [0.3, 0.4) is 0 Å². The molecule has 1 aliphatic carbocycles. The number of hydrogen-bond donors (Lipinski definition) is 0. The molecule has 0 spiro atoms. The zero-order chi connectivity index (χ0) is 11.8. The molecule has 0 amide bonds. The van der Waals surface area contributed by atoms with Gasteiger partial charge in [0.05, 0.1) is 11.8 Å². The van der Waals surface area contributed by atoms with Gasteiger partial charge >= 0.3 is 5.97 Å². The van der Waals surface area contributed by atoms with Crippen LogP contribution in [0.25, 0.3) is 0 Å². The quantitative estimate of drug-likeness (QED) is 0.237. The maximum Gasteiger partial charge on any atom is 0.337 e. The fourth-order valence-corrected chi connectivity index (χ4v) is 1.72. The van der Waals surface area contributed by atoms with E-state index in [0.29, 0.717) is 12.2 Å². The second kappa shape index (κ2) is 7.09. The van der Waals surface area contributed by atoms with E-state index in [9.17, 15) is 4.79 Å². The summed E-state index contributed by atoms with van der Waals surface area (Å²) in [6.07, 6.45) is 8.73. The molecule has 1 fully saturated rings. The van der Waals surface area contributed by atoms with E-state index in [2.05, 4.69) is 6.58 Å². The van der Waals surface area contributed by atoms with E-state index in [-0.39, 0.29) is 12.1 Å². The monoisotopic (exact) mass is 224 g/mol. The van der Waals surface area contributed by atoms with Crippen LogP contribution >= 0.6 is 0 Å². The van der Waals surface area contributed by atoms with Crippen molar-refractivity contribution >= 4 is 5.97 Å². The highest BCUT2D eigenvalue weighted by Crippen LogP contribution is 2.21. The second-order valence-electron chi connectivity index (χ2n) is 4.09. The normalized spacial score (nSPS) is 17.9. The van der Waals surface area contributed by atoms with E-state index >= 15 is 0 Å². The van der Waals surface area contributed by atoms with Crippen molar-refractivity contribution in [2.24, 2.45) is 0 Å². The molecule has 0 N–H and O–H groups in total. The van der Waals surface area contributed by atoms with Gasteiger partial charge in [-0.1, -0.05) is 19.1 Å². The van der Waals surface area contributed by atoms with Gasteiger partial charge in [0.2, 0.25) is 0 Å². The maximum absolute atomic E-state index is 11.6. The lowest BCUT2D eigenvalue weighted by Crippen LogP contribution is -2.21. The van der Waals surface area contributed by atoms with Crippen molar-refractivity contribution in [2.75, 3.05) is 6.61 Å². The number of carbonyl (C=O) groups is 1. The average molecular weight is 224 g/mol. The Morgan fingerprint density at radius 1 is 1.38 bits per heavy atom. The molecule has 0 aliphatic heterocycles. The predicted octanol–water partition coefficient (Wildman–Crippen LogP) is 2.97. The standard InChI is InChI=1S/C13H20O3/c1-3-9-15-10-11(2)13(14)16-12-7-5-4-6-8-12/h3,10,12H,1,4-9H2,2H3/b11-10+. The average Bonchev–Trinajstić information content (AvgIpc) is 2.30. The van der Waals surface area contributed by atoms with Gasteiger partial charge in [-0.05, 0) is 32.6 Å². The van der Waals surface area contributed by atoms with E-state index in [4.69, 9.17) is 9.47 Å². The van der Waals surface area contributed by atoms with Gasteiger partial charge in [0.25, 0.3) is 0 Å². The van der Waals surface area contributed by atoms with Gasteiger partial charge in [0, 0.05) is 0 Å². The van der Waals surface area contributed by atoms with Crippen molar-refractivity contribution < 1.29 is 14.3 Å². The van der Waals surface area contributed by atoms with E-state index < -0.39 is 0 Å². The number of esters is 1. The molecule has 0 aromatic carbocycles. The molecular formula is C13H20O3. The first kappa shape index (κ1) is 12.8. The van der Waals surface area contributed by atoms with Crippen LogP contribution in [0.5, 0.6) is 0 Å². The van der Waals surface area contributed by atoms with Crippen LogP contribution in [-0.2, 0) is 14.3 Å². The Balaban J connectivity index is 2.32. The van der Waals surface area contributed by atoms with E-state index in [1.54, 1.807) is 13.0 Å². The van der Waals surface area contributed by atoms with Gasteiger partial charge in [0.15, 0.2) is 0 Å². The highest BCUT2D eigenvalue weighted by molar-refractivity contribution is 5.87. The Labute approximate surface area is 97.1 Å². The minimum atomic E-state index is -0.268. The van der Waals surface area contributed by atoms with Gasteiger partial charge in [-0.15, -0.1) is 0 Å². The first-order valence-corrected chi connectivity index (χ1v) is 5.84. The summed E-state index contributed by atoms with van der Waals surface area (Å²) in [7, 11) is 0. The van der Waals surface area contributed by atoms with Crippen molar-refractivity contribution in [3.8, 4) is 0 Å². The summed E-state index contributed by atoms with van der Waals surface area (Å²) in [5, 5.41) is 0. The third-order valence-corrected chi connectivity index (χ3v) is 2.62. The molecule has 3 heteroatoms. The first-order valence-electron chi connectivity index (χ1n) is 5.84. The predicted molar refractivity (Wildman–Crippen MR) is 62.9 cm³/mol. The second-order valence-corrected chi connectivity index (χ2v) is 4.09. The van der Waals surface area contributed by atoms with Crippen LogP contribution in [0.2, 0.25) is 0 Å². The van der Waals surface area contributed by atoms with Crippen molar-refractivity contribution in [3.63, 3.8) is 0 Å². The van der Waals surface area contributed by atoms with Crippen LogP contribution in [0.15, 0.2) is 24.5 Å². The molecule has 0 aromatic heterocycles. The largest absolute Gasteiger partial charge is 0.497 e. The molecule has 1 rings (SSSR count). The highest BCUT2D eigenvalue weighted by atomic mass is 16.5. The van der Waals surface area contributed by atoms with Crippen LogP contribution in [0, 0.1) is 0 Å². The fraction of sp³-hybridized carbons (Fsp3) is 0.615. The van der Waals surface area contributed by atoms with Gasteiger partial charge in [0.1, 0.15) is 12.7 Å². The van der Waals surface area contributed by atoms with E-state index in [1.165, 1.54) is 12.7 Å². The number of hydrogen-bond acceptors (Lipinski definition) is 3. The smallest absolute Gasteiger partial charge is 0.337 e. The molecule has 0 unspecified atom stereocenters. The molecule has 0 saturated heterocycles. The van der Waals surface area contributed by atoms with Gasteiger partial charge in [-0.25, -0.2) is 4.79 Å². The SMILES string of the molecule is C=CCO/C=C(\C)C(=O)OC1CCCCC1. The van der Waals surface area contributed by atoms with Gasteiger partial charge in [-0.3, -0.25) is 0 Å². The third-order valence-electron chi connectivity index (χ3n) is 2.62. The maximum atomic E-state index is 11.6. The van der Waals surface area contributed by atoms with Gasteiger partial charge < -0.3 is 9.47 Å². The molecule has 16 heavy (non-hydrogen) atoms. The van der Waals surface area contributed by atoms with Crippen molar-refractivity contribution in [1.82, 2.24) is 0 Å². The van der Waals surface area contributed by atoms with Crippen LogP contribution in [0.4, 0.5) is 0 Å². The minimum Gasteiger partial charge on any atom is -0.497 e. The molecule has 0 aromatic rings. The molecule has 0 heterocycles. The van der Waals surface area contributed by atoms with Crippen LogP contribution in [0.1, 0.15) is 39.0 Å². The summed E-state index contributed by atoms with van der Waals surface area (Å²) in [6.45, 7) is 5.64. The van der Waals surface area contributed by atoms with Crippen LogP contribution < -0.4 is 0 Å². The lowest BCUT2D eigenvalue weighted by Gasteiger charge is -2.21. The van der Waals surface area contributed by atoms with E-state index in [1.807, 2.05) is 0 Å². The number of carbonyl (C=O) groups excluding carboxylic acids is 1. The zero-order valence-corrected chi connectivity index (χ0v) is 9.91. The molecule has 90 valence electrons. The fourth-order valence-electron chi connectivity index (χ4n) is 1.72.